The first kappa shape index (κ1) is 15.7. The Balaban J connectivity index is 1.95. The van der Waals surface area contributed by atoms with Crippen molar-refractivity contribution in [1.29, 1.82) is 0 Å². The molecule has 0 bridgehead atoms. The summed E-state index contributed by atoms with van der Waals surface area (Å²) >= 11 is 2.20. The van der Waals surface area contributed by atoms with Crippen LogP contribution in [-0.4, -0.2) is 11.8 Å². The number of anilines is 1. The quantitative estimate of drug-likeness (QED) is 0.462. The number of carbonyl (C=O) groups is 2. The Morgan fingerprint density at radius 1 is 1.04 bits per heavy atom. The molecule has 1 heterocycles. The molecule has 0 aromatic heterocycles. The Morgan fingerprint density at radius 3 is 2.52 bits per heavy atom. The lowest BCUT2D eigenvalue weighted by Crippen LogP contribution is -2.35. The SMILES string of the molecule is Cc1ccc(N2NC(=O)C(=Cc3cccc(I)c3)C2=O)cc1C. The molecule has 0 spiro atoms. The zero-order valence-corrected chi connectivity index (χ0v) is 14.9. The van der Waals surface area contributed by atoms with Gasteiger partial charge in [0.25, 0.3) is 11.8 Å². The van der Waals surface area contributed by atoms with E-state index in [-0.39, 0.29) is 17.4 Å². The van der Waals surface area contributed by atoms with Crippen LogP contribution in [0.4, 0.5) is 5.69 Å². The predicted octanol–water partition coefficient (Wildman–Crippen LogP) is 3.37. The summed E-state index contributed by atoms with van der Waals surface area (Å²) in [5.41, 5.74) is 6.47. The highest BCUT2D eigenvalue weighted by atomic mass is 127. The van der Waals surface area contributed by atoms with Gasteiger partial charge in [-0.2, -0.15) is 0 Å². The van der Waals surface area contributed by atoms with Gasteiger partial charge in [0.15, 0.2) is 0 Å². The van der Waals surface area contributed by atoms with E-state index in [2.05, 4.69) is 28.0 Å². The fourth-order valence-electron chi connectivity index (χ4n) is 2.37. The molecule has 0 saturated carbocycles. The summed E-state index contributed by atoms with van der Waals surface area (Å²) in [5.74, 6) is -0.718. The fraction of sp³-hybridized carbons (Fsp3) is 0.111. The van der Waals surface area contributed by atoms with Crippen molar-refractivity contribution < 1.29 is 9.59 Å². The van der Waals surface area contributed by atoms with Crippen LogP contribution in [0.15, 0.2) is 48.0 Å². The summed E-state index contributed by atoms with van der Waals surface area (Å²) < 4.78 is 1.05. The number of aryl methyl sites for hydroxylation is 2. The first-order chi connectivity index (χ1) is 11.0. The van der Waals surface area contributed by atoms with E-state index in [4.69, 9.17) is 0 Å². The van der Waals surface area contributed by atoms with E-state index in [0.717, 1.165) is 20.3 Å². The lowest BCUT2D eigenvalue weighted by atomic mass is 10.1. The van der Waals surface area contributed by atoms with Crippen molar-refractivity contribution in [2.75, 3.05) is 5.01 Å². The first-order valence-electron chi connectivity index (χ1n) is 7.15. The predicted molar refractivity (Wildman–Crippen MR) is 98.7 cm³/mol. The van der Waals surface area contributed by atoms with Crippen LogP contribution in [0.3, 0.4) is 0 Å². The van der Waals surface area contributed by atoms with Gasteiger partial charge in [0.05, 0.1) is 5.69 Å². The standard InChI is InChI=1S/C18H15IN2O2/c1-11-6-7-15(8-12(11)2)21-18(23)16(17(22)20-21)10-13-4-3-5-14(19)9-13/h3-10H,1-2H3,(H,20,22). The van der Waals surface area contributed by atoms with Crippen LogP contribution in [-0.2, 0) is 9.59 Å². The largest absolute Gasteiger partial charge is 0.282 e. The van der Waals surface area contributed by atoms with Gasteiger partial charge in [-0.15, -0.1) is 0 Å². The zero-order chi connectivity index (χ0) is 16.6. The second-order valence-corrected chi connectivity index (χ2v) is 6.71. The molecule has 23 heavy (non-hydrogen) atoms. The molecule has 0 atom stereocenters. The Kier molecular flexibility index (Phi) is 4.21. The topological polar surface area (TPSA) is 49.4 Å². The average molecular weight is 418 g/mol. The number of rotatable bonds is 2. The molecule has 3 rings (SSSR count). The Morgan fingerprint density at radius 2 is 1.83 bits per heavy atom. The van der Waals surface area contributed by atoms with E-state index >= 15 is 0 Å². The van der Waals surface area contributed by atoms with Gasteiger partial charge in [0.1, 0.15) is 5.57 Å². The molecule has 1 aliphatic rings. The van der Waals surface area contributed by atoms with E-state index in [9.17, 15) is 9.59 Å². The maximum Gasteiger partial charge on any atom is 0.282 e. The molecule has 0 unspecified atom stereocenters. The lowest BCUT2D eigenvalue weighted by molar-refractivity contribution is -0.117. The third-order valence-corrected chi connectivity index (χ3v) is 4.47. The molecule has 5 heteroatoms. The summed E-state index contributed by atoms with van der Waals surface area (Å²) in [6.07, 6.45) is 1.63. The first-order valence-corrected chi connectivity index (χ1v) is 8.23. The summed E-state index contributed by atoms with van der Waals surface area (Å²) in [6.45, 7) is 3.98. The second kappa shape index (κ2) is 6.16. The van der Waals surface area contributed by atoms with Crippen LogP contribution < -0.4 is 10.4 Å². The number of halogens is 1. The number of carbonyl (C=O) groups excluding carboxylic acids is 2. The Labute approximate surface area is 148 Å². The summed E-state index contributed by atoms with van der Waals surface area (Å²) in [7, 11) is 0. The van der Waals surface area contributed by atoms with E-state index in [1.807, 2.05) is 56.3 Å². The number of nitrogens with zero attached hydrogens (tertiary/aromatic N) is 1. The third-order valence-electron chi connectivity index (χ3n) is 3.80. The average Bonchev–Trinajstić information content (AvgIpc) is 2.78. The summed E-state index contributed by atoms with van der Waals surface area (Å²) in [5, 5.41) is 1.30. The summed E-state index contributed by atoms with van der Waals surface area (Å²) in [4.78, 5) is 24.7. The van der Waals surface area contributed by atoms with Crippen molar-refractivity contribution in [3.63, 3.8) is 0 Å². The van der Waals surface area contributed by atoms with Crippen molar-refractivity contribution >= 4 is 46.2 Å². The van der Waals surface area contributed by atoms with Crippen molar-refractivity contribution in [2.24, 2.45) is 0 Å². The second-order valence-electron chi connectivity index (χ2n) is 5.46. The van der Waals surface area contributed by atoms with Gasteiger partial charge in [0.2, 0.25) is 0 Å². The third kappa shape index (κ3) is 3.14. The van der Waals surface area contributed by atoms with E-state index < -0.39 is 0 Å². The number of hydrazine groups is 1. The maximum absolute atomic E-state index is 12.6. The monoisotopic (exact) mass is 418 g/mol. The molecule has 0 radical (unpaired) electrons. The molecule has 2 aromatic rings. The Bertz CT molecular complexity index is 843. The van der Waals surface area contributed by atoms with Gasteiger partial charge in [-0.1, -0.05) is 18.2 Å². The molecular weight excluding hydrogens is 403 g/mol. The van der Waals surface area contributed by atoms with Crippen LogP contribution in [0.5, 0.6) is 0 Å². The molecule has 116 valence electrons. The van der Waals surface area contributed by atoms with Gasteiger partial charge >= 0.3 is 0 Å². The highest BCUT2D eigenvalue weighted by Gasteiger charge is 2.34. The number of amides is 2. The van der Waals surface area contributed by atoms with E-state index in [1.165, 1.54) is 5.01 Å². The minimum absolute atomic E-state index is 0.144. The van der Waals surface area contributed by atoms with Crippen molar-refractivity contribution in [2.45, 2.75) is 13.8 Å². The van der Waals surface area contributed by atoms with E-state index in [0.29, 0.717) is 5.69 Å². The maximum atomic E-state index is 12.6. The molecule has 2 aromatic carbocycles. The molecule has 4 nitrogen and oxygen atoms in total. The molecule has 1 fully saturated rings. The minimum atomic E-state index is -0.382. The van der Waals surface area contributed by atoms with Gasteiger partial charge in [-0.25, -0.2) is 5.01 Å². The van der Waals surface area contributed by atoms with Crippen molar-refractivity contribution in [1.82, 2.24) is 5.43 Å². The number of benzene rings is 2. The lowest BCUT2D eigenvalue weighted by Gasteiger charge is -2.15. The Hall–Kier alpha value is -2.15. The van der Waals surface area contributed by atoms with E-state index in [1.54, 1.807) is 6.08 Å². The molecule has 1 aliphatic heterocycles. The van der Waals surface area contributed by atoms with Gasteiger partial charge in [-0.3, -0.25) is 15.0 Å². The minimum Gasteiger partial charge on any atom is -0.267 e. The number of nitrogens with one attached hydrogen (secondary N) is 1. The molecule has 1 saturated heterocycles. The van der Waals surface area contributed by atoms with Crippen molar-refractivity contribution in [3.8, 4) is 0 Å². The molecule has 0 aliphatic carbocycles. The molecular formula is C18H15IN2O2. The van der Waals surface area contributed by atoms with Crippen molar-refractivity contribution in [3.05, 3.63) is 68.3 Å². The molecule has 2 amide bonds. The van der Waals surface area contributed by atoms with Gasteiger partial charge < -0.3 is 0 Å². The van der Waals surface area contributed by atoms with Crippen LogP contribution in [0.25, 0.3) is 6.08 Å². The van der Waals surface area contributed by atoms with Crippen LogP contribution >= 0.6 is 22.6 Å². The highest BCUT2D eigenvalue weighted by molar-refractivity contribution is 14.1. The fourth-order valence-corrected chi connectivity index (χ4v) is 2.93. The molecule has 1 N–H and O–H groups in total. The smallest absolute Gasteiger partial charge is 0.267 e. The van der Waals surface area contributed by atoms with Crippen LogP contribution in [0.1, 0.15) is 16.7 Å². The highest BCUT2D eigenvalue weighted by Crippen LogP contribution is 2.24. The number of hydrogen-bond donors (Lipinski definition) is 1. The zero-order valence-electron chi connectivity index (χ0n) is 12.8. The number of hydrogen-bond acceptors (Lipinski definition) is 2. The van der Waals surface area contributed by atoms with Crippen LogP contribution in [0, 0.1) is 17.4 Å². The van der Waals surface area contributed by atoms with Crippen LogP contribution in [0.2, 0.25) is 0 Å². The normalized spacial score (nSPS) is 16.1. The van der Waals surface area contributed by atoms with Gasteiger partial charge in [0, 0.05) is 3.57 Å². The summed E-state index contributed by atoms with van der Waals surface area (Å²) in [6, 6.07) is 13.3. The van der Waals surface area contributed by atoms with Gasteiger partial charge in [-0.05, 0) is 83.5 Å².